The van der Waals surface area contributed by atoms with E-state index in [9.17, 15) is 14.7 Å². The van der Waals surface area contributed by atoms with Crippen LogP contribution in [0.2, 0.25) is 0 Å². The van der Waals surface area contributed by atoms with Crippen LogP contribution in [0.1, 0.15) is 23.0 Å². The second kappa shape index (κ2) is 4.56. The van der Waals surface area contributed by atoms with Crippen LogP contribution in [0.4, 0.5) is 5.82 Å². The van der Waals surface area contributed by atoms with Gasteiger partial charge in [0.15, 0.2) is 5.78 Å². The normalized spacial score (nSPS) is 10.4. The van der Waals surface area contributed by atoms with Gasteiger partial charge < -0.3 is 10.8 Å². The number of hydrogen-bond donors (Lipinski definition) is 2. The van der Waals surface area contributed by atoms with Gasteiger partial charge in [0.2, 0.25) is 0 Å². The van der Waals surface area contributed by atoms with E-state index in [1.54, 1.807) is 25.1 Å². The van der Waals surface area contributed by atoms with Gasteiger partial charge >= 0.3 is 0 Å². The highest BCUT2D eigenvalue weighted by Gasteiger charge is 2.17. The highest BCUT2D eigenvalue weighted by molar-refractivity contribution is 5.96. The molecule has 6 heteroatoms. The van der Waals surface area contributed by atoms with Crippen LogP contribution in [-0.4, -0.2) is 20.4 Å². The van der Waals surface area contributed by atoms with Gasteiger partial charge in [0, 0.05) is 11.8 Å². The molecule has 2 heterocycles. The Bertz CT molecular complexity index is 720. The molecule has 0 unspecified atom stereocenters. The van der Waals surface area contributed by atoms with Crippen molar-refractivity contribution in [2.24, 2.45) is 0 Å². The number of anilines is 1. The molecule has 0 bridgehead atoms. The van der Waals surface area contributed by atoms with Crippen LogP contribution < -0.4 is 11.3 Å². The summed E-state index contributed by atoms with van der Waals surface area (Å²) in [6, 6.07) is 6.20. The van der Waals surface area contributed by atoms with E-state index in [-0.39, 0.29) is 17.1 Å². The summed E-state index contributed by atoms with van der Waals surface area (Å²) in [7, 11) is 0. The zero-order chi connectivity index (χ0) is 14.2. The lowest BCUT2D eigenvalue weighted by atomic mass is 10.1. The first-order chi connectivity index (χ1) is 8.91. The number of Topliss-reactive ketones (excluding diaryl/α,β-unsaturated/α-hetero) is 1. The van der Waals surface area contributed by atoms with Gasteiger partial charge in [0.1, 0.15) is 22.9 Å². The third-order valence-electron chi connectivity index (χ3n) is 2.71. The predicted octanol–water partition coefficient (Wildman–Crippen LogP) is 1.03. The van der Waals surface area contributed by atoms with Crippen LogP contribution in [0.15, 0.2) is 29.1 Å². The van der Waals surface area contributed by atoms with Crippen molar-refractivity contribution in [2.45, 2.75) is 13.8 Å². The zero-order valence-electron chi connectivity index (χ0n) is 10.5. The fourth-order valence-corrected chi connectivity index (χ4v) is 1.90. The number of carbonyl (C=O) groups is 1. The third kappa shape index (κ3) is 2.20. The van der Waals surface area contributed by atoms with Crippen LogP contribution >= 0.6 is 0 Å². The van der Waals surface area contributed by atoms with Gasteiger partial charge in [0.25, 0.3) is 5.56 Å². The first-order valence-electron chi connectivity index (χ1n) is 5.61. The largest absolute Gasteiger partial charge is 0.507 e. The lowest BCUT2D eigenvalue weighted by molar-refractivity contribution is 0.101. The number of nitrogens with zero attached hydrogens (tertiary/aromatic N) is 2. The number of nitrogen functional groups attached to an aromatic ring is 1. The molecule has 0 atom stereocenters. The van der Waals surface area contributed by atoms with Gasteiger partial charge in [-0.25, -0.2) is 4.98 Å². The molecule has 0 amide bonds. The van der Waals surface area contributed by atoms with Crippen molar-refractivity contribution in [1.82, 2.24) is 9.55 Å². The molecule has 98 valence electrons. The maximum atomic E-state index is 12.3. The van der Waals surface area contributed by atoms with Gasteiger partial charge in [0.05, 0.1) is 0 Å². The summed E-state index contributed by atoms with van der Waals surface area (Å²) < 4.78 is 1.24. The van der Waals surface area contributed by atoms with Crippen molar-refractivity contribution in [3.63, 3.8) is 0 Å². The summed E-state index contributed by atoms with van der Waals surface area (Å²) in [4.78, 5) is 27.7. The van der Waals surface area contributed by atoms with Gasteiger partial charge in [-0.1, -0.05) is 6.07 Å². The van der Waals surface area contributed by atoms with E-state index in [0.717, 1.165) is 0 Å². The number of aromatic nitrogens is 2. The average Bonchev–Trinajstić information content (AvgIpc) is 2.27. The molecule has 0 radical (unpaired) electrons. The van der Waals surface area contributed by atoms with E-state index in [1.807, 2.05) is 0 Å². The molecule has 0 fully saturated rings. The summed E-state index contributed by atoms with van der Waals surface area (Å²) in [5, 5.41) is 9.69. The molecule has 6 nitrogen and oxygen atoms in total. The molecule has 0 aliphatic heterocycles. The molecular weight excluding hydrogens is 246 g/mol. The maximum Gasteiger partial charge on any atom is 0.271 e. The first kappa shape index (κ1) is 12.8. The summed E-state index contributed by atoms with van der Waals surface area (Å²) in [6.45, 7) is 2.86. The number of carbonyl (C=O) groups excluding carboxylic acids is 1. The SMILES string of the molecule is CC(=O)c1c(O)cc(C)n(-c2cccc(N)n2)c1=O. The fourth-order valence-electron chi connectivity index (χ4n) is 1.90. The van der Waals surface area contributed by atoms with E-state index in [1.165, 1.54) is 17.6 Å². The molecule has 3 N–H and O–H groups in total. The van der Waals surface area contributed by atoms with Crippen LogP contribution in [0.25, 0.3) is 5.82 Å². The van der Waals surface area contributed by atoms with Crippen LogP contribution in [0.3, 0.4) is 0 Å². The Morgan fingerprint density at radius 1 is 1.42 bits per heavy atom. The molecule has 0 aliphatic carbocycles. The predicted molar refractivity (Wildman–Crippen MR) is 70.7 cm³/mol. The van der Waals surface area contributed by atoms with Crippen LogP contribution in [-0.2, 0) is 0 Å². The van der Waals surface area contributed by atoms with E-state index in [0.29, 0.717) is 11.5 Å². The van der Waals surface area contributed by atoms with Crippen LogP contribution in [0, 0.1) is 6.92 Å². The molecule has 0 aliphatic rings. The quantitative estimate of drug-likeness (QED) is 0.785. The standard InChI is InChI=1S/C13H13N3O3/c1-7-6-9(18)12(8(2)17)13(19)16(7)11-5-3-4-10(14)15-11/h3-6,18H,1-2H3,(H2,14,15). The van der Waals surface area contributed by atoms with Gasteiger partial charge in [-0.2, -0.15) is 0 Å². The van der Waals surface area contributed by atoms with E-state index in [4.69, 9.17) is 5.73 Å². The highest BCUT2D eigenvalue weighted by Crippen LogP contribution is 2.17. The topological polar surface area (TPSA) is 98.2 Å². The number of rotatable bonds is 2. The van der Waals surface area contributed by atoms with E-state index >= 15 is 0 Å². The molecule has 2 rings (SSSR count). The molecule has 0 aromatic carbocycles. The second-order valence-corrected chi connectivity index (χ2v) is 4.16. The van der Waals surface area contributed by atoms with E-state index < -0.39 is 11.3 Å². The Morgan fingerprint density at radius 2 is 2.11 bits per heavy atom. The van der Waals surface area contributed by atoms with Gasteiger partial charge in [-0.05, 0) is 26.0 Å². The Labute approximate surface area is 109 Å². The molecule has 2 aromatic heterocycles. The molecule has 0 saturated carbocycles. The number of pyridine rings is 2. The van der Waals surface area contributed by atoms with Crippen molar-refractivity contribution in [2.75, 3.05) is 5.73 Å². The molecular formula is C13H13N3O3. The molecule has 0 spiro atoms. The van der Waals surface area contributed by atoms with Gasteiger partial charge in [-0.15, -0.1) is 0 Å². The Balaban J connectivity index is 2.81. The lowest BCUT2D eigenvalue weighted by Gasteiger charge is -2.11. The summed E-state index contributed by atoms with van der Waals surface area (Å²) >= 11 is 0. The first-order valence-corrected chi connectivity index (χ1v) is 5.61. The smallest absolute Gasteiger partial charge is 0.271 e. The van der Waals surface area contributed by atoms with Crippen molar-refractivity contribution in [1.29, 1.82) is 0 Å². The molecule has 19 heavy (non-hydrogen) atoms. The minimum Gasteiger partial charge on any atom is -0.507 e. The minimum atomic E-state index is -0.608. The second-order valence-electron chi connectivity index (χ2n) is 4.16. The number of nitrogens with two attached hydrogens (primary N) is 1. The number of ketones is 1. The summed E-state index contributed by atoms with van der Waals surface area (Å²) in [6.07, 6.45) is 0. The summed E-state index contributed by atoms with van der Waals surface area (Å²) in [5.41, 5.74) is 5.18. The molecule has 0 saturated heterocycles. The Morgan fingerprint density at radius 3 is 2.68 bits per heavy atom. The van der Waals surface area contributed by atoms with Crippen molar-refractivity contribution in [3.05, 3.63) is 45.9 Å². The van der Waals surface area contributed by atoms with Crippen molar-refractivity contribution < 1.29 is 9.90 Å². The number of hydrogen-bond acceptors (Lipinski definition) is 5. The van der Waals surface area contributed by atoms with E-state index in [2.05, 4.69) is 4.98 Å². The third-order valence-corrected chi connectivity index (χ3v) is 2.71. The summed E-state index contributed by atoms with van der Waals surface area (Å²) in [5.74, 6) is -0.249. The number of aryl methyl sites for hydroxylation is 1. The monoisotopic (exact) mass is 259 g/mol. The minimum absolute atomic E-state index is 0.255. The highest BCUT2D eigenvalue weighted by atomic mass is 16.3. The Hall–Kier alpha value is -2.63. The van der Waals surface area contributed by atoms with Crippen LogP contribution in [0.5, 0.6) is 5.75 Å². The lowest BCUT2D eigenvalue weighted by Crippen LogP contribution is -2.26. The number of aromatic hydroxyl groups is 1. The van der Waals surface area contributed by atoms with Crippen molar-refractivity contribution in [3.8, 4) is 11.6 Å². The zero-order valence-corrected chi connectivity index (χ0v) is 10.5. The molecule has 2 aromatic rings. The Kier molecular flexibility index (Phi) is 3.08. The fraction of sp³-hybridized carbons (Fsp3) is 0.154. The van der Waals surface area contributed by atoms with Crippen molar-refractivity contribution >= 4 is 11.6 Å². The van der Waals surface area contributed by atoms with Gasteiger partial charge in [-0.3, -0.25) is 14.2 Å². The average molecular weight is 259 g/mol. The maximum absolute atomic E-state index is 12.3.